The molecule has 5 nitrogen and oxygen atoms in total. The number of nitrogens with two attached hydrogens (primary N) is 1. The minimum atomic E-state index is -0.430. The highest BCUT2D eigenvalue weighted by Gasteiger charge is 2.04. The Morgan fingerprint density at radius 2 is 1.95 bits per heavy atom. The van der Waals surface area contributed by atoms with Gasteiger partial charge < -0.3 is 20.4 Å². The van der Waals surface area contributed by atoms with Crippen molar-refractivity contribution in [3.63, 3.8) is 0 Å². The van der Waals surface area contributed by atoms with Crippen molar-refractivity contribution in [3.05, 3.63) is 59.4 Å². The number of rotatable bonds is 5. The number of hydrogen-bond donors (Lipinski definition) is 2. The minimum absolute atomic E-state index is 0.0266. The summed E-state index contributed by atoms with van der Waals surface area (Å²) in [6, 6.07) is 11.4. The van der Waals surface area contributed by atoms with Crippen LogP contribution in [0.1, 0.15) is 11.1 Å². The first kappa shape index (κ1) is 14.6. The Kier molecular flexibility index (Phi) is 4.61. The molecule has 0 spiro atoms. The molecular formula is C15H15FN2O3. The highest BCUT2D eigenvalue weighted by atomic mass is 19.1. The van der Waals surface area contributed by atoms with Gasteiger partial charge in [0, 0.05) is 5.56 Å². The van der Waals surface area contributed by atoms with Crippen molar-refractivity contribution in [2.75, 3.05) is 7.11 Å². The number of oxime groups is 1. The maximum atomic E-state index is 13.5. The molecule has 0 aliphatic heterocycles. The number of ether oxygens (including phenoxy) is 2. The molecule has 2 aromatic rings. The second-order valence-corrected chi connectivity index (χ2v) is 4.27. The van der Waals surface area contributed by atoms with Crippen LogP contribution in [-0.2, 0) is 6.61 Å². The lowest BCUT2D eigenvalue weighted by atomic mass is 10.2. The molecule has 21 heavy (non-hydrogen) atoms. The zero-order chi connectivity index (χ0) is 15.2. The van der Waals surface area contributed by atoms with E-state index in [9.17, 15) is 4.39 Å². The Labute approximate surface area is 121 Å². The Bertz CT molecular complexity index is 642. The van der Waals surface area contributed by atoms with Gasteiger partial charge in [0.1, 0.15) is 12.4 Å². The topological polar surface area (TPSA) is 77.1 Å². The number of halogens is 1. The molecule has 0 atom stereocenters. The lowest BCUT2D eigenvalue weighted by Gasteiger charge is -2.08. The van der Waals surface area contributed by atoms with E-state index in [-0.39, 0.29) is 18.2 Å². The molecule has 0 saturated heterocycles. The third kappa shape index (κ3) is 3.62. The van der Waals surface area contributed by atoms with E-state index in [0.717, 1.165) is 0 Å². The molecule has 0 saturated carbocycles. The first-order chi connectivity index (χ1) is 10.1. The summed E-state index contributed by atoms with van der Waals surface area (Å²) >= 11 is 0. The van der Waals surface area contributed by atoms with Gasteiger partial charge in [-0.2, -0.15) is 0 Å². The summed E-state index contributed by atoms with van der Waals surface area (Å²) in [6.45, 7) is 0.226. The molecular weight excluding hydrogens is 275 g/mol. The number of methoxy groups -OCH3 is 1. The summed E-state index contributed by atoms with van der Waals surface area (Å²) in [5.41, 5.74) is 6.73. The molecule has 110 valence electrons. The lowest BCUT2D eigenvalue weighted by molar-refractivity contribution is 0.304. The third-order valence-electron chi connectivity index (χ3n) is 2.88. The fourth-order valence-electron chi connectivity index (χ4n) is 1.75. The molecule has 2 rings (SSSR count). The smallest absolute Gasteiger partial charge is 0.170 e. The van der Waals surface area contributed by atoms with Gasteiger partial charge in [0.25, 0.3) is 0 Å². The Morgan fingerprint density at radius 1 is 1.24 bits per heavy atom. The van der Waals surface area contributed by atoms with E-state index in [1.54, 1.807) is 36.4 Å². The fourth-order valence-corrected chi connectivity index (χ4v) is 1.75. The predicted octanol–water partition coefficient (Wildman–Crippen LogP) is 2.51. The Balaban J connectivity index is 2.01. The molecule has 0 fully saturated rings. The summed E-state index contributed by atoms with van der Waals surface area (Å²) in [6.07, 6.45) is 0. The number of benzene rings is 2. The van der Waals surface area contributed by atoms with Crippen molar-refractivity contribution in [3.8, 4) is 11.5 Å². The van der Waals surface area contributed by atoms with Gasteiger partial charge in [-0.1, -0.05) is 11.2 Å². The van der Waals surface area contributed by atoms with Crippen LogP contribution in [0.2, 0.25) is 0 Å². The maximum absolute atomic E-state index is 13.5. The molecule has 0 heterocycles. The lowest BCUT2D eigenvalue weighted by Crippen LogP contribution is -2.12. The third-order valence-corrected chi connectivity index (χ3v) is 2.88. The van der Waals surface area contributed by atoms with Crippen molar-refractivity contribution < 1.29 is 19.1 Å². The van der Waals surface area contributed by atoms with Crippen LogP contribution in [0.5, 0.6) is 11.5 Å². The molecule has 0 bridgehead atoms. The molecule has 0 aliphatic rings. The van der Waals surface area contributed by atoms with Crippen LogP contribution >= 0.6 is 0 Å². The van der Waals surface area contributed by atoms with E-state index >= 15 is 0 Å². The molecule has 2 aromatic carbocycles. The summed E-state index contributed by atoms with van der Waals surface area (Å²) in [5, 5.41) is 11.5. The van der Waals surface area contributed by atoms with Crippen LogP contribution in [-0.4, -0.2) is 18.2 Å². The van der Waals surface area contributed by atoms with Gasteiger partial charge in [0.2, 0.25) is 0 Å². The van der Waals surface area contributed by atoms with Gasteiger partial charge in [-0.15, -0.1) is 0 Å². The normalized spacial score (nSPS) is 11.2. The average molecular weight is 290 g/mol. The van der Waals surface area contributed by atoms with E-state index in [1.165, 1.54) is 13.2 Å². The van der Waals surface area contributed by atoms with E-state index in [4.69, 9.17) is 20.4 Å². The van der Waals surface area contributed by atoms with Gasteiger partial charge in [-0.3, -0.25) is 0 Å². The van der Waals surface area contributed by atoms with E-state index in [0.29, 0.717) is 16.9 Å². The van der Waals surface area contributed by atoms with Gasteiger partial charge in [-0.05, 0) is 42.0 Å². The average Bonchev–Trinajstić information content (AvgIpc) is 2.52. The monoisotopic (exact) mass is 290 g/mol. The molecule has 0 radical (unpaired) electrons. The van der Waals surface area contributed by atoms with Gasteiger partial charge in [-0.25, -0.2) is 4.39 Å². The number of nitrogens with zero attached hydrogens (tertiary/aromatic N) is 1. The van der Waals surface area contributed by atoms with Crippen LogP contribution in [0.4, 0.5) is 4.39 Å². The van der Waals surface area contributed by atoms with E-state index in [2.05, 4.69) is 5.16 Å². The van der Waals surface area contributed by atoms with Crippen LogP contribution in [0.25, 0.3) is 0 Å². The SMILES string of the molecule is COc1ccc(COc2ccc(/C(N)=N/O)cc2)cc1F. The first-order valence-electron chi connectivity index (χ1n) is 6.17. The van der Waals surface area contributed by atoms with Crippen LogP contribution in [0, 0.1) is 5.82 Å². The molecule has 0 aromatic heterocycles. The molecule has 0 amide bonds. The predicted molar refractivity (Wildman–Crippen MR) is 76.2 cm³/mol. The van der Waals surface area contributed by atoms with Crippen molar-refractivity contribution in [2.45, 2.75) is 6.61 Å². The highest BCUT2D eigenvalue weighted by Crippen LogP contribution is 2.19. The van der Waals surface area contributed by atoms with Gasteiger partial charge in [0.05, 0.1) is 7.11 Å². The van der Waals surface area contributed by atoms with Gasteiger partial charge >= 0.3 is 0 Å². The molecule has 0 unspecified atom stereocenters. The molecule has 6 heteroatoms. The van der Waals surface area contributed by atoms with E-state index < -0.39 is 5.82 Å². The maximum Gasteiger partial charge on any atom is 0.170 e. The van der Waals surface area contributed by atoms with Gasteiger partial charge in [0.15, 0.2) is 17.4 Å². The minimum Gasteiger partial charge on any atom is -0.494 e. The summed E-state index contributed by atoms with van der Waals surface area (Å²) in [4.78, 5) is 0. The quantitative estimate of drug-likeness (QED) is 0.384. The second-order valence-electron chi connectivity index (χ2n) is 4.27. The van der Waals surface area contributed by atoms with Crippen molar-refractivity contribution >= 4 is 5.84 Å². The summed E-state index contributed by atoms with van der Waals surface area (Å²) in [7, 11) is 1.41. The molecule has 0 aliphatic carbocycles. The van der Waals surface area contributed by atoms with E-state index in [1.807, 2.05) is 0 Å². The molecule has 3 N–H and O–H groups in total. The number of amidine groups is 1. The fraction of sp³-hybridized carbons (Fsp3) is 0.133. The van der Waals surface area contributed by atoms with Crippen molar-refractivity contribution in [1.82, 2.24) is 0 Å². The zero-order valence-corrected chi connectivity index (χ0v) is 11.4. The summed E-state index contributed by atoms with van der Waals surface area (Å²) < 4.78 is 23.9. The van der Waals surface area contributed by atoms with Crippen LogP contribution in [0.15, 0.2) is 47.6 Å². The zero-order valence-electron chi connectivity index (χ0n) is 11.4. The summed E-state index contributed by atoms with van der Waals surface area (Å²) in [5.74, 6) is 0.391. The Hall–Kier alpha value is -2.76. The second kappa shape index (κ2) is 6.60. The number of hydrogen-bond acceptors (Lipinski definition) is 4. The first-order valence-corrected chi connectivity index (χ1v) is 6.17. The van der Waals surface area contributed by atoms with Crippen molar-refractivity contribution in [1.29, 1.82) is 0 Å². The highest BCUT2D eigenvalue weighted by molar-refractivity contribution is 5.97. The van der Waals surface area contributed by atoms with Crippen molar-refractivity contribution in [2.24, 2.45) is 10.9 Å². The standard InChI is InChI=1S/C15H15FN2O3/c1-20-14-7-2-10(8-13(14)16)9-21-12-5-3-11(4-6-12)15(17)18-19/h2-8,19H,9H2,1H3,(H2,17,18). The largest absolute Gasteiger partial charge is 0.494 e. The van der Waals surface area contributed by atoms with Crippen LogP contribution in [0.3, 0.4) is 0 Å². The Morgan fingerprint density at radius 3 is 2.52 bits per heavy atom. The van der Waals surface area contributed by atoms with Crippen LogP contribution < -0.4 is 15.2 Å².